The molecule has 24 heavy (non-hydrogen) atoms. The van der Waals surface area contributed by atoms with E-state index in [1.807, 2.05) is 31.2 Å². The van der Waals surface area contributed by atoms with E-state index in [1.165, 1.54) is 16.7 Å². The molecule has 0 spiro atoms. The molecule has 0 bridgehead atoms. The molecule has 1 aromatic rings. The van der Waals surface area contributed by atoms with Gasteiger partial charge in [-0.25, -0.2) is 4.79 Å². The summed E-state index contributed by atoms with van der Waals surface area (Å²) in [6.45, 7) is 5.71. The summed E-state index contributed by atoms with van der Waals surface area (Å²) >= 11 is 1.43. The molecule has 2 saturated heterocycles. The number of β-lactam (4-membered cyclic amide) rings is 1. The number of carboxylic acid groups (broad SMARTS) is 1. The number of hydrogen-bond donors (Lipinski definition) is 2. The molecule has 0 radical (unpaired) electrons. The van der Waals surface area contributed by atoms with Crippen LogP contribution in [0.5, 0.6) is 0 Å². The minimum atomic E-state index is -1.08. The van der Waals surface area contributed by atoms with Crippen molar-refractivity contribution in [3.8, 4) is 0 Å². The molecule has 2 heterocycles. The fraction of sp³-hybridized carbons (Fsp3) is 0.353. The Morgan fingerprint density at radius 3 is 2.67 bits per heavy atom. The van der Waals surface area contributed by atoms with Gasteiger partial charge in [-0.05, 0) is 18.1 Å². The zero-order valence-electron chi connectivity index (χ0n) is 13.2. The second-order valence-corrected chi connectivity index (χ2v) is 7.16. The number of carboxylic acids is 1. The van der Waals surface area contributed by atoms with E-state index in [-0.39, 0.29) is 23.6 Å². The van der Waals surface area contributed by atoms with Crippen molar-refractivity contribution in [3.05, 3.63) is 47.5 Å². The van der Waals surface area contributed by atoms with E-state index in [4.69, 9.17) is 0 Å². The van der Waals surface area contributed by atoms with Gasteiger partial charge in [0.15, 0.2) is 6.04 Å². The number of rotatable bonds is 4. The zero-order valence-corrected chi connectivity index (χ0v) is 14.0. The Labute approximate surface area is 143 Å². The van der Waals surface area contributed by atoms with E-state index in [0.717, 1.165) is 11.1 Å². The summed E-state index contributed by atoms with van der Waals surface area (Å²) in [7, 11) is 0. The van der Waals surface area contributed by atoms with Gasteiger partial charge >= 0.3 is 5.97 Å². The number of benzene rings is 1. The summed E-state index contributed by atoms with van der Waals surface area (Å²) in [5.41, 5.74) is 2.49. The standard InChI is InChI=1S/C17H18N2O4S/c1-9-3-5-11(6-4-9)7-12(20)18-13-15(21)19-14(17(22)23)10(2)8-24-16(13)19/h3-6,13-14,16H,2,7-8H2,1H3,(H,18,20)(H,22,23)/t13?,14?,16-/m0/s1. The third kappa shape index (κ3) is 2.91. The first-order valence-electron chi connectivity index (χ1n) is 7.57. The number of hydrogen-bond acceptors (Lipinski definition) is 4. The molecular formula is C17H18N2O4S. The van der Waals surface area contributed by atoms with Crippen LogP contribution in [-0.4, -0.2) is 51.0 Å². The Bertz CT molecular complexity index is 716. The van der Waals surface area contributed by atoms with Crippen LogP contribution in [0.3, 0.4) is 0 Å². The molecule has 2 aliphatic heterocycles. The highest BCUT2D eigenvalue weighted by molar-refractivity contribution is 8.00. The Kier molecular flexibility index (Phi) is 4.36. The van der Waals surface area contributed by atoms with Crippen LogP contribution >= 0.6 is 11.8 Å². The summed E-state index contributed by atoms with van der Waals surface area (Å²) in [5.74, 6) is -1.22. The Hall–Kier alpha value is -2.28. The summed E-state index contributed by atoms with van der Waals surface area (Å²) in [6.07, 6.45) is 0.191. The lowest BCUT2D eigenvalue weighted by Crippen LogP contribution is -2.74. The molecule has 6 nitrogen and oxygen atoms in total. The van der Waals surface area contributed by atoms with Gasteiger partial charge in [-0.1, -0.05) is 36.4 Å². The van der Waals surface area contributed by atoms with Crippen LogP contribution in [-0.2, 0) is 20.8 Å². The number of carbonyl (C=O) groups excluding carboxylic acids is 2. The van der Waals surface area contributed by atoms with E-state index >= 15 is 0 Å². The molecule has 3 atom stereocenters. The average Bonchev–Trinajstić information content (AvgIpc) is 2.54. The van der Waals surface area contributed by atoms with Gasteiger partial charge in [-0.2, -0.15) is 0 Å². The fourth-order valence-electron chi connectivity index (χ4n) is 2.95. The molecule has 0 aliphatic carbocycles. The Balaban J connectivity index is 1.64. The summed E-state index contributed by atoms with van der Waals surface area (Å²) in [6, 6.07) is 5.96. The van der Waals surface area contributed by atoms with Crippen LogP contribution < -0.4 is 5.32 Å². The normalized spacial score (nSPS) is 25.7. The zero-order chi connectivity index (χ0) is 17.4. The van der Waals surface area contributed by atoms with Crippen LogP contribution in [0.2, 0.25) is 0 Å². The predicted octanol–water partition coefficient (Wildman–Crippen LogP) is 0.947. The van der Waals surface area contributed by atoms with Crippen LogP contribution in [0, 0.1) is 6.92 Å². The number of aryl methyl sites for hydroxylation is 1. The van der Waals surface area contributed by atoms with Crippen molar-refractivity contribution < 1.29 is 19.5 Å². The van der Waals surface area contributed by atoms with Crippen molar-refractivity contribution >= 4 is 29.5 Å². The molecule has 0 saturated carbocycles. The van der Waals surface area contributed by atoms with E-state index < -0.39 is 18.1 Å². The summed E-state index contributed by atoms with van der Waals surface area (Å²) in [4.78, 5) is 37.1. The van der Waals surface area contributed by atoms with Crippen molar-refractivity contribution in [2.24, 2.45) is 0 Å². The first-order valence-corrected chi connectivity index (χ1v) is 8.62. The number of nitrogens with one attached hydrogen (secondary N) is 1. The molecule has 3 rings (SSSR count). The highest BCUT2D eigenvalue weighted by Crippen LogP contribution is 2.39. The minimum Gasteiger partial charge on any atom is -0.479 e. The van der Waals surface area contributed by atoms with Gasteiger partial charge in [-0.3, -0.25) is 9.59 Å². The predicted molar refractivity (Wildman–Crippen MR) is 90.5 cm³/mol. The molecule has 2 fully saturated rings. The van der Waals surface area contributed by atoms with Gasteiger partial charge in [0.1, 0.15) is 11.4 Å². The third-order valence-electron chi connectivity index (χ3n) is 4.22. The number of carbonyl (C=O) groups is 3. The van der Waals surface area contributed by atoms with E-state index in [0.29, 0.717) is 11.3 Å². The van der Waals surface area contributed by atoms with E-state index in [1.54, 1.807) is 0 Å². The van der Waals surface area contributed by atoms with Crippen LogP contribution in [0.4, 0.5) is 0 Å². The van der Waals surface area contributed by atoms with Gasteiger partial charge in [0.25, 0.3) is 0 Å². The van der Waals surface area contributed by atoms with Crippen molar-refractivity contribution in [2.45, 2.75) is 30.8 Å². The molecule has 126 valence electrons. The average molecular weight is 346 g/mol. The topological polar surface area (TPSA) is 86.7 Å². The van der Waals surface area contributed by atoms with Gasteiger partial charge < -0.3 is 15.3 Å². The van der Waals surface area contributed by atoms with Crippen LogP contribution in [0.15, 0.2) is 36.4 Å². The summed E-state index contributed by atoms with van der Waals surface area (Å²) < 4.78 is 0. The third-order valence-corrected chi connectivity index (χ3v) is 5.60. The van der Waals surface area contributed by atoms with Gasteiger partial charge in [0.2, 0.25) is 11.8 Å². The molecule has 2 aliphatic rings. The molecule has 2 N–H and O–H groups in total. The van der Waals surface area contributed by atoms with E-state index in [9.17, 15) is 19.5 Å². The molecule has 0 aromatic heterocycles. The minimum absolute atomic E-state index is 0.191. The molecule has 1 aromatic carbocycles. The summed E-state index contributed by atoms with van der Waals surface area (Å²) in [5, 5.41) is 11.7. The van der Waals surface area contributed by atoms with Crippen molar-refractivity contribution in [2.75, 3.05) is 5.75 Å². The second kappa shape index (κ2) is 6.32. The maximum absolute atomic E-state index is 12.3. The number of amides is 2. The van der Waals surface area contributed by atoms with Gasteiger partial charge in [-0.15, -0.1) is 11.8 Å². The lowest BCUT2D eigenvalue weighted by Gasteiger charge is -2.52. The molecular weight excluding hydrogens is 328 g/mol. The van der Waals surface area contributed by atoms with Gasteiger partial charge in [0, 0.05) is 5.75 Å². The maximum atomic E-state index is 12.3. The first kappa shape index (κ1) is 16.6. The fourth-order valence-corrected chi connectivity index (χ4v) is 4.25. The molecule has 2 unspecified atom stereocenters. The number of thioether (sulfide) groups is 1. The second-order valence-electron chi connectivity index (χ2n) is 6.05. The number of fused-ring (bicyclic) bond motifs is 1. The van der Waals surface area contributed by atoms with Crippen molar-refractivity contribution in [3.63, 3.8) is 0 Å². The van der Waals surface area contributed by atoms with Crippen molar-refractivity contribution in [1.29, 1.82) is 0 Å². The highest BCUT2D eigenvalue weighted by Gasteiger charge is 2.56. The monoisotopic (exact) mass is 346 g/mol. The maximum Gasteiger partial charge on any atom is 0.330 e. The Morgan fingerprint density at radius 1 is 1.38 bits per heavy atom. The molecule has 7 heteroatoms. The van der Waals surface area contributed by atoms with Gasteiger partial charge in [0.05, 0.1) is 6.42 Å². The van der Waals surface area contributed by atoms with E-state index in [2.05, 4.69) is 11.9 Å². The lowest BCUT2D eigenvalue weighted by atomic mass is 9.98. The quantitative estimate of drug-likeness (QED) is 0.626. The first-order chi connectivity index (χ1) is 11.4. The highest BCUT2D eigenvalue weighted by atomic mass is 32.2. The Morgan fingerprint density at radius 2 is 2.04 bits per heavy atom. The number of aliphatic carboxylic acids is 1. The largest absolute Gasteiger partial charge is 0.479 e. The number of nitrogens with zero attached hydrogens (tertiary/aromatic N) is 1. The molecule has 2 amide bonds. The van der Waals surface area contributed by atoms with Crippen molar-refractivity contribution in [1.82, 2.24) is 10.2 Å². The lowest BCUT2D eigenvalue weighted by molar-refractivity contribution is -0.160. The SMILES string of the molecule is C=C1CS[C@H]2C(NC(=O)Cc3ccc(C)cc3)C(=O)N2C1C(=O)O. The smallest absolute Gasteiger partial charge is 0.330 e. The van der Waals surface area contributed by atoms with Crippen LogP contribution in [0.25, 0.3) is 0 Å². The van der Waals surface area contributed by atoms with Crippen LogP contribution in [0.1, 0.15) is 11.1 Å².